The molecule has 1 N–H and O–H groups in total. The summed E-state index contributed by atoms with van der Waals surface area (Å²) in [6, 6.07) is 6.42. The standard InChI is InChI=1S/C34H44N6O4/c1-18-12-20(3)30(21(4)13-18)44-33(43)29-25(17-35)31(40-23(6)37-38-32(29)40)36-26-15-24-22(5)16-34(7,8)39(11-9-10-28(41)42)27(24)14-19(26)2/h14-15,18,20-22,30H,9-13,16H2,1-8H3,(H,41,42). The van der Waals surface area contributed by atoms with Crippen LogP contribution in [0.2, 0.25) is 0 Å². The molecule has 10 nitrogen and oxygen atoms in total. The van der Waals surface area contributed by atoms with E-state index in [0.717, 1.165) is 36.1 Å². The SMILES string of the molecule is Cc1cc2c(cc1N=C1C(C#N)=C(C(=O)OC3C(C)CC(C)CC3C)c3nnc(C)n31)C(C)CC(C)(C)N2CCCC(=O)O. The number of esters is 1. The number of ether oxygens (including phenoxy) is 1. The lowest BCUT2D eigenvalue weighted by molar-refractivity contribution is -0.150. The van der Waals surface area contributed by atoms with Crippen molar-refractivity contribution in [1.82, 2.24) is 14.8 Å². The maximum Gasteiger partial charge on any atom is 0.343 e. The molecule has 1 fully saturated rings. The number of allylic oxidation sites excluding steroid dienone is 1. The number of hydrogen-bond acceptors (Lipinski definition) is 8. The van der Waals surface area contributed by atoms with Gasteiger partial charge in [0.15, 0.2) is 11.7 Å². The number of aromatic nitrogens is 3. The number of hydrogen-bond donors (Lipinski definition) is 1. The summed E-state index contributed by atoms with van der Waals surface area (Å²) < 4.78 is 7.78. The predicted molar refractivity (Wildman–Crippen MR) is 169 cm³/mol. The zero-order valence-electron chi connectivity index (χ0n) is 27.1. The molecular formula is C34H44N6O4. The Morgan fingerprint density at radius 2 is 1.82 bits per heavy atom. The number of aliphatic imine (C=N–C) groups is 1. The van der Waals surface area contributed by atoms with Crippen LogP contribution in [0.15, 0.2) is 22.7 Å². The summed E-state index contributed by atoms with van der Waals surface area (Å²) in [5.41, 5.74) is 3.92. The average Bonchev–Trinajstić information content (AvgIpc) is 3.45. The van der Waals surface area contributed by atoms with Crippen LogP contribution in [-0.2, 0) is 14.3 Å². The van der Waals surface area contributed by atoms with E-state index < -0.39 is 11.9 Å². The topological polar surface area (TPSA) is 134 Å². The summed E-state index contributed by atoms with van der Waals surface area (Å²) in [5.74, 6) is 1.01. The van der Waals surface area contributed by atoms with E-state index in [-0.39, 0.29) is 52.8 Å². The zero-order chi connectivity index (χ0) is 32.1. The number of rotatable bonds is 7. The summed E-state index contributed by atoms with van der Waals surface area (Å²) in [5, 5.41) is 28.1. The predicted octanol–water partition coefficient (Wildman–Crippen LogP) is 6.33. The first-order chi connectivity index (χ1) is 20.7. The van der Waals surface area contributed by atoms with Gasteiger partial charge in [0.25, 0.3) is 0 Å². The lowest BCUT2D eigenvalue weighted by Gasteiger charge is -2.48. The number of carboxylic acids is 1. The van der Waals surface area contributed by atoms with E-state index in [0.29, 0.717) is 36.2 Å². The smallest absolute Gasteiger partial charge is 0.343 e. The number of carbonyl (C=O) groups excluding carboxylic acids is 1. The van der Waals surface area contributed by atoms with Gasteiger partial charge in [-0.05, 0) is 100 Å². The second kappa shape index (κ2) is 11.8. The van der Waals surface area contributed by atoms with Gasteiger partial charge >= 0.3 is 11.9 Å². The van der Waals surface area contributed by atoms with Gasteiger partial charge in [-0.25, -0.2) is 9.79 Å². The minimum absolute atomic E-state index is 0.111. The molecule has 1 saturated carbocycles. The maximum atomic E-state index is 13.7. The van der Waals surface area contributed by atoms with Gasteiger partial charge in [0.1, 0.15) is 29.1 Å². The number of fused-ring (bicyclic) bond motifs is 2. The van der Waals surface area contributed by atoms with Gasteiger partial charge in [0.2, 0.25) is 0 Å². The Labute approximate surface area is 259 Å². The summed E-state index contributed by atoms with van der Waals surface area (Å²) in [6.07, 6.45) is 3.30. The molecule has 44 heavy (non-hydrogen) atoms. The number of nitrogens with zero attached hydrogens (tertiary/aromatic N) is 6. The Morgan fingerprint density at radius 1 is 1.14 bits per heavy atom. The molecule has 3 aliphatic rings. The summed E-state index contributed by atoms with van der Waals surface area (Å²) in [6.45, 7) is 17.5. The van der Waals surface area contributed by atoms with E-state index in [4.69, 9.17) is 9.73 Å². The molecule has 0 radical (unpaired) electrons. The minimum atomic E-state index is -0.794. The van der Waals surface area contributed by atoms with Gasteiger partial charge in [0.05, 0.1) is 5.69 Å². The molecule has 0 saturated heterocycles. The molecule has 1 aromatic heterocycles. The van der Waals surface area contributed by atoms with Crippen molar-refractivity contribution in [2.75, 3.05) is 11.4 Å². The molecule has 2 aromatic rings. The molecule has 3 heterocycles. The van der Waals surface area contributed by atoms with Gasteiger partial charge in [-0.3, -0.25) is 9.36 Å². The molecular weight excluding hydrogens is 556 g/mol. The summed E-state index contributed by atoms with van der Waals surface area (Å²) >= 11 is 0. The molecule has 0 amide bonds. The van der Waals surface area contributed by atoms with E-state index in [1.807, 2.05) is 6.92 Å². The number of aliphatic carboxylic acids is 1. The molecule has 0 spiro atoms. The van der Waals surface area contributed by atoms with Crippen LogP contribution >= 0.6 is 0 Å². The number of nitriles is 1. The highest BCUT2D eigenvalue weighted by Gasteiger charge is 2.41. The number of carbonyl (C=O) groups is 2. The van der Waals surface area contributed by atoms with Gasteiger partial charge in [-0.1, -0.05) is 27.7 Å². The molecule has 5 rings (SSSR count). The van der Waals surface area contributed by atoms with Crippen LogP contribution in [-0.4, -0.2) is 55.8 Å². The van der Waals surface area contributed by atoms with Crippen molar-refractivity contribution in [3.63, 3.8) is 0 Å². The third-order valence-corrected chi connectivity index (χ3v) is 9.66. The van der Waals surface area contributed by atoms with Gasteiger partial charge in [0, 0.05) is 24.2 Å². The van der Waals surface area contributed by atoms with Gasteiger partial charge in [-0.15, -0.1) is 10.2 Å². The molecule has 234 valence electrons. The molecule has 10 heteroatoms. The third-order valence-electron chi connectivity index (χ3n) is 9.66. The maximum absolute atomic E-state index is 13.7. The highest BCUT2D eigenvalue weighted by molar-refractivity contribution is 6.30. The minimum Gasteiger partial charge on any atom is -0.481 e. The van der Waals surface area contributed by atoms with Crippen molar-refractivity contribution in [3.8, 4) is 6.07 Å². The number of anilines is 1. The van der Waals surface area contributed by atoms with Crippen molar-refractivity contribution in [2.45, 2.75) is 105 Å². The first-order valence-corrected chi connectivity index (χ1v) is 15.7. The fourth-order valence-corrected chi connectivity index (χ4v) is 7.80. The van der Waals surface area contributed by atoms with Crippen LogP contribution < -0.4 is 4.90 Å². The lowest BCUT2D eigenvalue weighted by atomic mass is 9.75. The van der Waals surface area contributed by atoms with Crippen molar-refractivity contribution >= 4 is 34.7 Å². The Morgan fingerprint density at radius 3 is 2.45 bits per heavy atom. The fourth-order valence-electron chi connectivity index (χ4n) is 7.80. The Hall–Kier alpha value is -4.00. The van der Waals surface area contributed by atoms with Gasteiger partial charge in [-0.2, -0.15) is 5.26 Å². The van der Waals surface area contributed by atoms with Crippen LogP contribution in [0.25, 0.3) is 5.57 Å². The first-order valence-electron chi connectivity index (χ1n) is 15.7. The summed E-state index contributed by atoms with van der Waals surface area (Å²) in [4.78, 5) is 32.3. The fraction of sp³-hybridized carbons (Fsp3) is 0.588. The lowest BCUT2D eigenvalue weighted by Crippen LogP contribution is -2.48. The van der Waals surface area contributed by atoms with E-state index in [9.17, 15) is 20.0 Å². The molecule has 2 aliphatic heterocycles. The highest BCUT2D eigenvalue weighted by Crippen LogP contribution is 2.46. The van der Waals surface area contributed by atoms with E-state index >= 15 is 0 Å². The van der Waals surface area contributed by atoms with Crippen LogP contribution in [0.5, 0.6) is 0 Å². The van der Waals surface area contributed by atoms with Crippen molar-refractivity contribution in [2.24, 2.45) is 22.7 Å². The van der Waals surface area contributed by atoms with Crippen molar-refractivity contribution in [1.29, 1.82) is 5.26 Å². The van der Waals surface area contributed by atoms with E-state index in [1.54, 1.807) is 11.5 Å². The molecule has 3 atom stereocenters. The summed E-state index contributed by atoms with van der Waals surface area (Å²) in [7, 11) is 0. The number of carboxylic acid groups (broad SMARTS) is 1. The second-order valence-corrected chi connectivity index (χ2v) is 13.9. The van der Waals surface area contributed by atoms with Crippen LogP contribution in [0.4, 0.5) is 11.4 Å². The van der Waals surface area contributed by atoms with Crippen molar-refractivity contribution < 1.29 is 19.4 Å². The Bertz CT molecular complexity index is 1580. The van der Waals surface area contributed by atoms with Crippen LogP contribution in [0.1, 0.15) is 102 Å². The van der Waals surface area contributed by atoms with E-state index in [2.05, 4.69) is 74.8 Å². The molecule has 1 aromatic carbocycles. The highest BCUT2D eigenvalue weighted by atomic mass is 16.5. The number of aryl methyl sites for hydroxylation is 2. The third kappa shape index (κ3) is 5.64. The quantitative estimate of drug-likeness (QED) is 0.364. The largest absolute Gasteiger partial charge is 0.481 e. The van der Waals surface area contributed by atoms with E-state index in [1.165, 1.54) is 0 Å². The van der Waals surface area contributed by atoms with Crippen molar-refractivity contribution in [3.05, 3.63) is 40.5 Å². The Balaban J connectivity index is 1.55. The van der Waals surface area contributed by atoms with Gasteiger partial charge < -0.3 is 14.7 Å². The van der Waals surface area contributed by atoms with Crippen LogP contribution in [0, 0.1) is 42.9 Å². The molecule has 1 aliphatic carbocycles. The second-order valence-electron chi connectivity index (χ2n) is 13.9. The average molecular weight is 601 g/mol. The monoisotopic (exact) mass is 600 g/mol. The number of benzene rings is 1. The zero-order valence-corrected chi connectivity index (χ0v) is 27.1. The molecule has 3 unspecified atom stereocenters. The van der Waals surface area contributed by atoms with Crippen LogP contribution in [0.3, 0.4) is 0 Å². The Kier molecular flexibility index (Phi) is 8.45. The molecule has 0 bridgehead atoms. The normalized spacial score (nSPS) is 26.8. The first kappa shape index (κ1) is 31.4.